The highest BCUT2D eigenvalue weighted by Gasteiger charge is 2.03. The summed E-state index contributed by atoms with van der Waals surface area (Å²) in [6.07, 6.45) is 3.14. The first-order valence-corrected chi connectivity index (χ1v) is 8.37. The zero-order valence-electron chi connectivity index (χ0n) is 14.9. The van der Waals surface area contributed by atoms with Crippen LogP contribution in [0.25, 0.3) is 17.0 Å². The minimum Gasteiger partial charge on any atom is -0.325 e. The van der Waals surface area contributed by atoms with Crippen molar-refractivity contribution in [1.29, 1.82) is 0 Å². The van der Waals surface area contributed by atoms with Gasteiger partial charge in [-0.3, -0.25) is 0 Å². The Bertz CT molecular complexity index is 919. The fourth-order valence-electron chi connectivity index (χ4n) is 2.63. The third-order valence-electron chi connectivity index (χ3n) is 3.83. The summed E-state index contributed by atoms with van der Waals surface area (Å²) in [5.74, 6) is 0.163. The van der Waals surface area contributed by atoms with Crippen LogP contribution >= 0.6 is 0 Å². The van der Waals surface area contributed by atoms with Crippen molar-refractivity contribution in [2.24, 2.45) is 5.73 Å². The van der Waals surface area contributed by atoms with Crippen molar-refractivity contribution < 1.29 is 4.39 Å². The van der Waals surface area contributed by atoms with E-state index in [2.05, 4.69) is 32.3 Å². The molecule has 0 bridgehead atoms. The topological polar surface area (TPSA) is 67.1 Å². The second-order valence-electron chi connectivity index (χ2n) is 6.37. The summed E-state index contributed by atoms with van der Waals surface area (Å²) in [5, 5.41) is 4.05. The predicted molar refractivity (Wildman–Crippen MR) is 105 cm³/mol. The van der Waals surface area contributed by atoms with Crippen LogP contribution in [0.2, 0.25) is 0 Å². The SMILES string of the molecule is CN(C)Cc1ccc(Nc2ncc3cc(/C=C(\F)CN)ccc3n2)cc1. The number of nitrogens with two attached hydrogens (primary N) is 1. The average Bonchev–Trinajstić information content (AvgIpc) is 2.63. The molecule has 1 aromatic heterocycles. The molecule has 3 N–H and O–H groups in total. The molecular formula is C20H22FN5. The molecule has 3 rings (SSSR count). The van der Waals surface area contributed by atoms with Crippen LogP contribution in [-0.4, -0.2) is 35.5 Å². The highest BCUT2D eigenvalue weighted by molar-refractivity contribution is 5.81. The van der Waals surface area contributed by atoms with Gasteiger partial charge in [-0.05, 0) is 55.6 Å². The molecule has 6 heteroatoms. The minimum atomic E-state index is -0.360. The molecule has 134 valence electrons. The summed E-state index contributed by atoms with van der Waals surface area (Å²) < 4.78 is 13.3. The van der Waals surface area contributed by atoms with Gasteiger partial charge in [-0.25, -0.2) is 14.4 Å². The van der Waals surface area contributed by atoms with E-state index in [4.69, 9.17) is 5.73 Å². The molecule has 0 aliphatic heterocycles. The number of aromatic nitrogens is 2. The van der Waals surface area contributed by atoms with Gasteiger partial charge >= 0.3 is 0 Å². The van der Waals surface area contributed by atoms with Crippen molar-refractivity contribution in [3.63, 3.8) is 0 Å². The highest BCUT2D eigenvalue weighted by Crippen LogP contribution is 2.19. The third-order valence-corrected chi connectivity index (χ3v) is 3.83. The van der Waals surface area contributed by atoms with E-state index >= 15 is 0 Å². The van der Waals surface area contributed by atoms with E-state index in [0.717, 1.165) is 28.7 Å². The van der Waals surface area contributed by atoms with Crippen LogP contribution in [-0.2, 0) is 6.54 Å². The van der Waals surface area contributed by atoms with Gasteiger partial charge < -0.3 is 16.0 Å². The molecule has 0 spiro atoms. The number of rotatable bonds is 6. The lowest BCUT2D eigenvalue weighted by Crippen LogP contribution is -2.10. The van der Waals surface area contributed by atoms with Crippen molar-refractivity contribution >= 4 is 28.6 Å². The quantitative estimate of drug-likeness (QED) is 0.709. The normalized spacial score (nSPS) is 12.0. The summed E-state index contributed by atoms with van der Waals surface area (Å²) in [4.78, 5) is 11.0. The largest absolute Gasteiger partial charge is 0.325 e. The molecule has 0 saturated carbocycles. The smallest absolute Gasteiger partial charge is 0.227 e. The first-order valence-electron chi connectivity index (χ1n) is 8.37. The minimum absolute atomic E-state index is 0.106. The van der Waals surface area contributed by atoms with Crippen LogP contribution in [0.5, 0.6) is 0 Å². The van der Waals surface area contributed by atoms with Crippen LogP contribution < -0.4 is 11.1 Å². The lowest BCUT2D eigenvalue weighted by atomic mass is 10.1. The Hall–Kier alpha value is -2.83. The number of fused-ring (bicyclic) bond motifs is 1. The second-order valence-corrected chi connectivity index (χ2v) is 6.37. The van der Waals surface area contributed by atoms with Gasteiger partial charge in [0.05, 0.1) is 5.52 Å². The molecule has 1 heterocycles. The van der Waals surface area contributed by atoms with E-state index in [1.54, 1.807) is 6.20 Å². The summed E-state index contributed by atoms with van der Waals surface area (Å²) >= 11 is 0. The van der Waals surface area contributed by atoms with Gasteiger partial charge in [-0.2, -0.15) is 0 Å². The van der Waals surface area contributed by atoms with E-state index in [-0.39, 0.29) is 12.4 Å². The maximum Gasteiger partial charge on any atom is 0.227 e. The number of nitrogens with one attached hydrogen (secondary N) is 1. The van der Waals surface area contributed by atoms with Gasteiger partial charge in [0.15, 0.2) is 0 Å². The molecule has 2 aromatic carbocycles. The number of nitrogens with zero attached hydrogens (tertiary/aromatic N) is 3. The van der Waals surface area contributed by atoms with Gasteiger partial charge in [-0.15, -0.1) is 0 Å². The van der Waals surface area contributed by atoms with E-state index in [0.29, 0.717) is 5.95 Å². The number of hydrogen-bond donors (Lipinski definition) is 2. The predicted octanol–water partition coefficient (Wildman–Crippen LogP) is 3.70. The molecule has 26 heavy (non-hydrogen) atoms. The maximum absolute atomic E-state index is 13.3. The van der Waals surface area contributed by atoms with E-state index < -0.39 is 0 Å². The third kappa shape index (κ3) is 4.62. The lowest BCUT2D eigenvalue weighted by molar-refractivity contribution is 0.402. The van der Waals surface area contributed by atoms with Gasteiger partial charge in [0.2, 0.25) is 5.95 Å². The summed E-state index contributed by atoms with van der Waals surface area (Å²) in [6.45, 7) is 0.791. The van der Waals surface area contributed by atoms with Gasteiger partial charge in [-0.1, -0.05) is 18.2 Å². The van der Waals surface area contributed by atoms with Crippen molar-refractivity contribution in [3.8, 4) is 0 Å². The summed E-state index contributed by atoms with van der Waals surface area (Å²) in [7, 11) is 4.08. The summed E-state index contributed by atoms with van der Waals surface area (Å²) in [6, 6.07) is 13.7. The van der Waals surface area contributed by atoms with E-state index in [9.17, 15) is 4.39 Å². The average molecular weight is 351 g/mol. The number of hydrogen-bond acceptors (Lipinski definition) is 5. The molecule has 0 saturated heterocycles. The van der Waals surface area contributed by atoms with Crippen LogP contribution in [0.3, 0.4) is 0 Å². The van der Waals surface area contributed by atoms with Gasteiger partial charge in [0.1, 0.15) is 5.83 Å². The van der Waals surface area contributed by atoms with Crippen molar-refractivity contribution in [2.45, 2.75) is 6.54 Å². The molecule has 0 atom stereocenters. The van der Waals surface area contributed by atoms with Crippen molar-refractivity contribution in [3.05, 3.63) is 65.6 Å². The molecule has 5 nitrogen and oxygen atoms in total. The Morgan fingerprint density at radius 3 is 2.65 bits per heavy atom. The van der Waals surface area contributed by atoms with Crippen molar-refractivity contribution in [1.82, 2.24) is 14.9 Å². The molecule has 3 aromatic rings. The zero-order valence-corrected chi connectivity index (χ0v) is 14.9. The van der Waals surface area contributed by atoms with E-state index in [1.165, 1.54) is 11.6 Å². The fourth-order valence-corrected chi connectivity index (χ4v) is 2.63. The maximum atomic E-state index is 13.3. The first kappa shape index (κ1) is 18.0. The Labute approximate surface area is 152 Å². The number of anilines is 2. The standard InChI is InChI=1S/C20H22FN5/c1-26(2)13-14-3-6-18(7-4-14)24-20-23-12-16-9-15(10-17(21)11-22)5-8-19(16)25-20/h3-10,12H,11,13,22H2,1-2H3,(H,23,24,25)/b17-10-. The Kier molecular flexibility index (Phi) is 5.55. The van der Waals surface area contributed by atoms with E-state index in [1.807, 2.05) is 44.4 Å². The Morgan fingerprint density at radius 1 is 1.19 bits per heavy atom. The fraction of sp³-hybridized carbons (Fsp3) is 0.200. The Morgan fingerprint density at radius 2 is 1.96 bits per heavy atom. The molecule has 0 fully saturated rings. The molecule has 0 radical (unpaired) electrons. The number of benzene rings is 2. The molecule has 0 amide bonds. The summed E-state index contributed by atoms with van der Waals surface area (Å²) in [5.41, 5.74) is 8.97. The molecule has 0 unspecified atom stereocenters. The van der Waals surface area contributed by atoms with Crippen LogP contribution in [0.4, 0.5) is 16.0 Å². The zero-order chi connectivity index (χ0) is 18.5. The molecule has 0 aliphatic carbocycles. The molecule has 0 aliphatic rings. The van der Waals surface area contributed by atoms with Gasteiger partial charge in [0, 0.05) is 30.4 Å². The Balaban J connectivity index is 1.77. The van der Waals surface area contributed by atoms with Crippen LogP contribution in [0, 0.1) is 0 Å². The van der Waals surface area contributed by atoms with Gasteiger partial charge in [0.25, 0.3) is 0 Å². The second kappa shape index (κ2) is 8.03. The lowest BCUT2D eigenvalue weighted by Gasteiger charge is -2.10. The van der Waals surface area contributed by atoms with Crippen molar-refractivity contribution in [2.75, 3.05) is 26.0 Å². The van der Waals surface area contributed by atoms with Crippen LogP contribution in [0.1, 0.15) is 11.1 Å². The first-order chi connectivity index (χ1) is 12.5. The highest BCUT2D eigenvalue weighted by atomic mass is 19.1. The van der Waals surface area contributed by atoms with Crippen LogP contribution in [0.15, 0.2) is 54.5 Å². The monoisotopic (exact) mass is 351 g/mol. The molecular weight excluding hydrogens is 329 g/mol. The number of halogens is 1.